The summed E-state index contributed by atoms with van der Waals surface area (Å²) in [5.41, 5.74) is 6.65. The van der Waals surface area contributed by atoms with Crippen molar-refractivity contribution in [3.8, 4) is 28.1 Å². The van der Waals surface area contributed by atoms with E-state index in [1.807, 2.05) is 48.5 Å². The second-order valence-corrected chi connectivity index (χ2v) is 6.43. The summed E-state index contributed by atoms with van der Waals surface area (Å²) in [6, 6.07) is 28.4. The third-order valence-electron chi connectivity index (χ3n) is 4.80. The number of benzene rings is 3. The van der Waals surface area contributed by atoms with Gasteiger partial charge in [0.05, 0.1) is 12.8 Å². The molecule has 0 amide bonds. The molecule has 0 radical (unpaired) electrons. The molecule has 0 aliphatic carbocycles. The van der Waals surface area contributed by atoms with Gasteiger partial charge in [0.1, 0.15) is 16.8 Å². The monoisotopic (exact) mass is 351 g/mol. The molecule has 2 aromatic heterocycles. The van der Waals surface area contributed by atoms with Crippen LogP contribution >= 0.6 is 0 Å². The van der Waals surface area contributed by atoms with Crippen LogP contribution in [0, 0.1) is 0 Å². The van der Waals surface area contributed by atoms with Crippen molar-refractivity contribution >= 4 is 22.1 Å². The molecular formula is C24H17NO2. The van der Waals surface area contributed by atoms with Crippen molar-refractivity contribution in [2.45, 2.75) is 0 Å². The second kappa shape index (κ2) is 6.29. The van der Waals surface area contributed by atoms with Gasteiger partial charge < -0.3 is 9.15 Å². The number of fused-ring (bicyclic) bond motifs is 3. The van der Waals surface area contributed by atoms with E-state index in [2.05, 4.69) is 36.4 Å². The molecule has 3 heteroatoms. The molecule has 0 saturated heterocycles. The molecule has 0 spiro atoms. The van der Waals surface area contributed by atoms with E-state index >= 15 is 0 Å². The van der Waals surface area contributed by atoms with Crippen molar-refractivity contribution < 1.29 is 9.15 Å². The first-order valence-electron chi connectivity index (χ1n) is 8.85. The number of methoxy groups -OCH3 is 1. The number of aromatic nitrogens is 1. The van der Waals surface area contributed by atoms with Crippen LogP contribution in [0.3, 0.4) is 0 Å². The van der Waals surface area contributed by atoms with Gasteiger partial charge in [-0.05, 0) is 35.9 Å². The highest BCUT2D eigenvalue weighted by molar-refractivity contribution is 6.08. The topological polar surface area (TPSA) is 35.3 Å². The van der Waals surface area contributed by atoms with Crippen LogP contribution in [0.5, 0.6) is 5.75 Å². The molecule has 0 unspecified atom stereocenters. The Kier molecular flexibility index (Phi) is 3.65. The molecule has 5 rings (SSSR count). The Balaban J connectivity index is 1.83. The number of ether oxygens (including phenoxy) is 1. The summed E-state index contributed by atoms with van der Waals surface area (Å²) < 4.78 is 11.5. The van der Waals surface area contributed by atoms with E-state index in [0.29, 0.717) is 0 Å². The minimum atomic E-state index is 0.807. The lowest BCUT2D eigenvalue weighted by atomic mass is 10.0. The Morgan fingerprint density at radius 1 is 0.778 bits per heavy atom. The van der Waals surface area contributed by atoms with E-state index in [1.165, 1.54) is 0 Å². The lowest BCUT2D eigenvalue weighted by Crippen LogP contribution is -1.88. The maximum atomic E-state index is 6.19. The van der Waals surface area contributed by atoms with Crippen molar-refractivity contribution in [2.24, 2.45) is 0 Å². The number of para-hydroxylation sites is 1. The number of pyridine rings is 1. The zero-order valence-corrected chi connectivity index (χ0v) is 14.8. The Hall–Kier alpha value is -3.59. The van der Waals surface area contributed by atoms with E-state index in [1.54, 1.807) is 7.11 Å². The quantitative estimate of drug-likeness (QED) is 0.381. The Morgan fingerprint density at radius 2 is 1.52 bits per heavy atom. The molecule has 0 aliphatic heterocycles. The van der Waals surface area contributed by atoms with Crippen LogP contribution in [0.2, 0.25) is 0 Å². The van der Waals surface area contributed by atoms with Gasteiger partial charge in [0.2, 0.25) is 0 Å². The standard InChI is InChI=1S/C24H17NO2/c1-26-18-13-11-16(12-14-18)20-15-21(17-7-3-2-4-8-17)25-23-19-9-5-6-10-22(19)27-24(20)23/h2-15H,1H3. The van der Waals surface area contributed by atoms with Gasteiger partial charge in [-0.15, -0.1) is 0 Å². The number of rotatable bonds is 3. The largest absolute Gasteiger partial charge is 0.497 e. The summed E-state index contributed by atoms with van der Waals surface area (Å²) in [4.78, 5) is 4.94. The lowest BCUT2D eigenvalue weighted by Gasteiger charge is -2.08. The smallest absolute Gasteiger partial charge is 0.161 e. The van der Waals surface area contributed by atoms with Crippen molar-refractivity contribution in [1.82, 2.24) is 4.98 Å². The van der Waals surface area contributed by atoms with Crippen molar-refractivity contribution in [2.75, 3.05) is 7.11 Å². The molecule has 0 aliphatic rings. The summed E-state index contributed by atoms with van der Waals surface area (Å²) in [5.74, 6) is 0.830. The molecule has 0 bridgehead atoms. The summed E-state index contributed by atoms with van der Waals surface area (Å²) >= 11 is 0. The SMILES string of the molecule is COc1ccc(-c2cc(-c3ccccc3)nc3c2oc2ccccc23)cc1. The van der Waals surface area contributed by atoms with Crippen LogP contribution in [0.1, 0.15) is 0 Å². The minimum absolute atomic E-state index is 0.807. The number of hydrogen-bond acceptors (Lipinski definition) is 3. The fraction of sp³-hybridized carbons (Fsp3) is 0.0417. The molecule has 0 saturated carbocycles. The first-order valence-corrected chi connectivity index (χ1v) is 8.85. The molecule has 130 valence electrons. The third-order valence-corrected chi connectivity index (χ3v) is 4.80. The number of nitrogens with zero attached hydrogens (tertiary/aromatic N) is 1. The van der Waals surface area contributed by atoms with Crippen LogP contribution in [-0.2, 0) is 0 Å². The zero-order chi connectivity index (χ0) is 18.2. The average molecular weight is 351 g/mol. The average Bonchev–Trinajstić information content (AvgIpc) is 3.12. The van der Waals surface area contributed by atoms with Crippen LogP contribution in [0.25, 0.3) is 44.5 Å². The molecule has 2 heterocycles. The fourth-order valence-corrected chi connectivity index (χ4v) is 3.42. The first kappa shape index (κ1) is 15.6. The van der Waals surface area contributed by atoms with Crippen molar-refractivity contribution in [3.63, 3.8) is 0 Å². The van der Waals surface area contributed by atoms with E-state index in [0.717, 1.165) is 50.2 Å². The maximum Gasteiger partial charge on any atom is 0.161 e. The highest BCUT2D eigenvalue weighted by Crippen LogP contribution is 2.37. The van der Waals surface area contributed by atoms with E-state index in [4.69, 9.17) is 14.1 Å². The van der Waals surface area contributed by atoms with E-state index in [9.17, 15) is 0 Å². The van der Waals surface area contributed by atoms with E-state index in [-0.39, 0.29) is 0 Å². The number of hydrogen-bond donors (Lipinski definition) is 0. The van der Waals surface area contributed by atoms with Gasteiger partial charge in [0.25, 0.3) is 0 Å². The van der Waals surface area contributed by atoms with Gasteiger partial charge in [-0.3, -0.25) is 0 Å². The van der Waals surface area contributed by atoms with Crippen LogP contribution < -0.4 is 4.74 Å². The van der Waals surface area contributed by atoms with Gasteiger partial charge in [-0.2, -0.15) is 0 Å². The predicted octanol–water partition coefficient (Wildman–Crippen LogP) is 6.32. The first-order chi connectivity index (χ1) is 13.3. The van der Waals surface area contributed by atoms with Crippen LogP contribution in [0.15, 0.2) is 89.3 Å². The summed E-state index contributed by atoms with van der Waals surface area (Å²) in [7, 11) is 1.67. The summed E-state index contributed by atoms with van der Waals surface area (Å²) in [6.07, 6.45) is 0. The van der Waals surface area contributed by atoms with Gasteiger partial charge in [-0.1, -0.05) is 54.6 Å². The lowest BCUT2D eigenvalue weighted by molar-refractivity contribution is 0.415. The van der Waals surface area contributed by atoms with E-state index < -0.39 is 0 Å². The Bertz CT molecular complexity index is 1240. The van der Waals surface area contributed by atoms with Crippen LogP contribution in [0.4, 0.5) is 0 Å². The van der Waals surface area contributed by atoms with Gasteiger partial charge in [0, 0.05) is 16.5 Å². The normalized spacial score (nSPS) is 11.1. The van der Waals surface area contributed by atoms with Crippen molar-refractivity contribution in [3.05, 3.63) is 84.9 Å². The molecule has 3 aromatic carbocycles. The minimum Gasteiger partial charge on any atom is -0.497 e. The molecule has 5 aromatic rings. The molecule has 27 heavy (non-hydrogen) atoms. The Labute approximate surface area is 156 Å². The van der Waals surface area contributed by atoms with Gasteiger partial charge >= 0.3 is 0 Å². The molecule has 3 nitrogen and oxygen atoms in total. The summed E-state index contributed by atoms with van der Waals surface area (Å²) in [5, 5.41) is 1.03. The fourth-order valence-electron chi connectivity index (χ4n) is 3.42. The molecule has 0 atom stereocenters. The number of furan rings is 1. The third kappa shape index (κ3) is 2.64. The molecular weight excluding hydrogens is 334 g/mol. The molecule has 0 fully saturated rings. The van der Waals surface area contributed by atoms with Crippen LogP contribution in [-0.4, -0.2) is 12.1 Å². The molecule has 0 N–H and O–H groups in total. The summed E-state index contributed by atoms with van der Waals surface area (Å²) in [6.45, 7) is 0. The highest BCUT2D eigenvalue weighted by Gasteiger charge is 2.16. The predicted molar refractivity (Wildman–Crippen MR) is 109 cm³/mol. The zero-order valence-electron chi connectivity index (χ0n) is 14.8. The second-order valence-electron chi connectivity index (χ2n) is 6.43. The Morgan fingerprint density at radius 3 is 2.30 bits per heavy atom. The van der Waals surface area contributed by atoms with Gasteiger partial charge in [-0.25, -0.2) is 4.98 Å². The highest BCUT2D eigenvalue weighted by atomic mass is 16.5. The maximum absolute atomic E-state index is 6.19. The van der Waals surface area contributed by atoms with Gasteiger partial charge in [0.15, 0.2) is 5.58 Å². The van der Waals surface area contributed by atoms with Crippen molar-refractivity contribution in [1.29, 1.82) is 0 Å².